The zero-order valence-electron chi connectivity index (χ0n) is 3.02. The molecule has 1 heterocycles. The van der Waals surface area contributed by atoms with Gasteiger partial charge in [-0.2, -0.15) is 0 Å². The Bertz CT molecular complexity index is 65.9. The molecule has 0 aliphatic carbocycles. The second-order valence-corrected chi connectivity index (χ2v) is 1.39. The Kier molecular flexibility index (Phi) is 0.999. The largest absolute Gasteiger partial charge is 0.385 e. The Morgan fingerprint density at radius 3 is 2.83 bits per heavy atom. The van der Waals surface area contributed by atoms with Gasteiger partial charge in [0.25, 0.3) is 0 Å². The molecule has 6 heavy (non-hydrogen) atoms. The van der Waals surface area contributed by atoms with Crippen molar-refractivity contribution in [1.82, 2.24) is 11.0 Å². The van der Waals surface area contributed by atoms with Gasteiger partial charge in [0.1, 0.15) is 0 Å². The summed E-state index contributed by atoms with van der Waals surface area (Å²) in [5.74, 6) is 0. The van der Waals surface area contributed by atoms with Crippen molar-refractivity contribution in [3.8, 4) is 0 Å². The van der Waals surface area contributed by atoms with Gasteiger partial charge in [-0.15, -0.1) is 0 Å². The predicted molar refractivity (Wildman–Crippen MR) is 24.8 cm³/mol. The number of hydrogen-bond donors (Lipinski definition) is 2. The summed E-state index contributed by atoms with van der Waals surface area (Å²) in [7, 11) is 0. The molecule has 0 aromatic rings. The van der Waals surface area contributed by atoms with Crippen LogP contribution < -0.4 is 11.0 Å². The molecule has 1 rings (SSSR count). The third-order valence-electron chi connectivity index (χ3n) is 0.470. The lowest BCUT2D eigenvalue weighted by molar-refractivity contribution is 0.189. The molecule has 0 spiro atoms. The van der Waals surface area contributed by atoms with Crippen molar-refractivity contribution in [2.75, 3.05) is 6.54 Å². The van der Waals surface area contributed by atoms with E-state index < -0.39 is 0 Å². The van der Waals surface area contributed by atoms with Crippen LogP contribution in [0.5, 0.6) is 0 Å². The van der Waals surface area contributed by atoms with Crippen LogP contribution in [-0.4, -0.2) is 11.6 Å². The smallest absolute Gasteiger partial charge is 0.204 e. The highest BCUT2D eigenvalue weighted by Crippen LogP contribution is 1.78. The van der Waals surface area contributed by atoms with Gasteiger partial charge in [-0.05, 0) is 12.2 Å². The zero-order chi connectivity index (χ0) is 4.41. The standard InChI is InChI=1S/C2H4N2OS/c6-2-1-3-4-5-2/h3-4H,1H2. The molecule has 2 N–H and O–H groups in total. The third kappa shape index (κ3) is 0.649. The van der Waals surface area contributed by atoms with E-state index in [1.165, 1.54) is 0 Å². The van der Waals surface area contributed by atoms with Gasteiger partial charge in [0.15, 0.2) is 0 Å². The molecule has 0 atom stereocenters. The summed E-state index contributed by atoms with van der Waals surface area (Å²) in [5.41, 5.74) is 5.04. The van der Waals surface area contributed by atoms with Crippen LogP contribution in [-0.2, 0) is 4.84 Å². The first-order valence-corrected chi connectivity index (χ1v) is 1.98. The molecule has 0 bridgehead atoms. The summed E-state index contributed by atoms with van der Waals surface area (Å²) < 4.78 is 0. The fourth-order valence-electron chi connectivity index (χ4n) is 0.237. The number of rotatable bonds is 0. The van der Waals surface area contributed by atoms with E-state index in [0.29, 0.717) is 11.6 Å². The summed E-state index contributed by atoms with van der Waals surface area (Å²) in [5, 5.41) is 0.565. The molecule has 0 amide bonds. The number of hydrazine groups is 1. The summed E-state index contributed by atoms with van der Waals surface area (Å²) >= 11 is 4.57. The first-order chi connectivity index (χ1) is 2.89. The van der Waals surface area contributed by atoms with E-state index in [1.807, 2.05) is 0 Å². The van der Waals surface area contributed by atoms with Crippen molar-refractivity contribution in [3.05, 3.63) is 0 Å². The fraction of sp³-hybridized carbons (Fsp3) is 0.500. The predicted octanol–water partition coefficient (Wildman–Crippen LogP) is -0.647. The van der Waals surface area contributed by atoms with Crippen molar-refractivity contribution in [2.45, 2.75) is 0 Å². The maximum atomic E-state index is 4.57. The molecule has 0 unspecified atom stereocenters. The first-order valence-electron chi connectivity index (χ1n) is 1.57. The summed E-state index contributed by atoms with van der Waals surface area (Å²) in [6.07, 6.45) is 0. The molecule has 1 aliphatic rings. The van der Waals surface area contributed by atoms with Crippen LogP contribution in [0, 0.1) is 0 Å². The van der Waals surface area contributed by atoms with Crippen LogP contribution in [0.3, 0.4) is 0 Å². The average Bonchev–Trinajstić information content (AvgIpc) is 1.86. The van der Waals surface area contributed by atoms with E-state index in [1.54, 1.807) is 0 Å². The van der Waals surface area contributed by atoms with Gasteiger partial charge in [-0.25, -0.2) is 5.43 Å². The van der Waals surface area contributed by atoms with E-state index in [-0.39, 0.29) is 0 Å². The van der Waals surface area contributed by atoms with Gasteiger partial charge in [0, 0.05) is 0 Å². The topological polar surface area (TPSA) is 33.3 Å². The molecule has 1 fully saturated rings. The molecular formula is C2H4N2OS. The van der Waals surface area contributed by atoms with Crippen LogP contribution in [0.2, 0.25) is 0 Å². The van der Waals surface area contributed by atoms with Crippen LogP contribution in [0.25, 0.3) is 0 Å². The first kappa shape index (κ1) is 3.98. The molecule has 0 saturated carbocycles. The molecule has 0 aromatic heterocycles. The SMILES string of the molecule is S=C1CNNO1. The lowest BCUT2D eigenvalue weighted by atomic mass is 10.7. The quantitative estimate of drug-likeness (QED) is 0.400. The second-order valence-electron chi connectivity index (χ2n) is 0.930. The minimum Gasteiger partial charge on any atom is -0.385 e. The Hall–Kier alpha value is -0.190. The number of nitrogens with one attached hydrogen (secondary N) is 2. The molecule has 3 nitrogen and oxygen atoms in total. The summed E-state index contributed by atoms with van der Waals surface area (Å²) in [6.45, 7) is 0.634. The molecule has 1 saturated heterocycles. The lowest BCUT2D eigenvalue weighted by Gasteiger charge is -1.84. The van der Waals surface area contributed by atoms with Crippen LogP contribution >= 0.6 is 12.2 Å². The van der Waals surface area contributed by atoms with Gasteiger partial charge < -0.3 is 4.84 Å². The van der Waals surface area contributed by atoms with Crippen molar-refractivity contribution < 1.29 is 4.84 Å². The Balaban J connectivity index is 2.37. The molecular weight excluding hydrogens is 100 g/mol. The normalized spacial score (nSPS) is 21.0. The van der Waals surface area contributed by atoms with Gasteiger partial charge in [0.2, 0.25) is 5.05 Å². The van der Waals surface area contributed by atoms with Gasteiger partial charge in [-0.1, -0.05) is 5.59 Å². The van der Waals surface area contributed by atoms with Crippen molar-refractivity contribution in [3.63, 3.8) is 0 Å². The maximum absolute atomic E-state index is 4.57. The van der Waals surface area contributed by atoms with Crippen molar-refractivity contribution in [2.24, 2.45) is 0 Å². The highest BCUT2D eigenvalue weighted by atomic mass is 32.1. The molecule has 34 valence electrons. The lowest BCUT2D eigenvalue weighted by Crippen LogP contribution is -2.20. The Labute approximate surface area is 40.6 Å². The maximum Gasteiger partial charge on any atom is 0.204 e. The minimum absolute atomic E-state index is 0.565. The number of hydrogen-bond acceptors (Lipinski definition) is 4. The molecule has 0 radical (unpaired) electrons. The number of thiocarbonyl (C=S) groups is 1. The van der Waals surface area contributed by atoms with Gasteiger partial charge in [-0.3, -0.25) is 0 Å². The fourth-order valence-corrected chi connectivity index (χ4v) is 0.351. The minimum atomic E-state index is 0.565. The van der Waals surface area contributed by atoms with Gasteiger partial charge >= 0.3 is 0 Å². The van der Waals surface area contributed by atoms with Crippen molar-refractivity contribution >= 4 is 17.3 Å². The van der Waals surface area contributed by atoms with E-state index in [2.05, 4.69) is 28.1 Å². The highest BCUT2D eigenvalue weighted by Gasteiger charge is 2.01. The molecule has 1 aliphatic heterocycles. The zero-order valence-corrected chi connectivity index (χ0v) is 3.84. The highest BCUT2D eigenvalue weighted by molar-refractivity contribution is 7.80. The van der Waals surface area contributed by atoms with E-state index >= 15 is 0 Å². The monoisotopic (exact) mass is 104 g/mol. The van der Waals surface area contributed by atoms with Crippen LogP contribution in [0.4, 0.5) is 0 Å². The van der Waals surface area contributed by atoms with Crippen molar-refractivity contribution in [1.29, 1.82) is 0 Å². The van der Waals surface area contributed by atoms with Gasteiger partial charge in [0.05, 0.1) is 6.54 Å². The van der Waals surface area contributed by atoms with Crippen LogP contribution in [0.15, 0.2) is 0 Å². The summed E-state index contributed by atoms with van der Waals surface area (Å²) in [6, 6.07) is 0. The second kappa shape index (κ2) is 1.51. The summed E-state index contributed by atoms with van der Waals surface area (Å²) in [4.78, 5) is 4.52. The average molecular weight is 104 g/mol. The van der Waals surface area contributed by atoms with Crippen LogP contribution in [0.1, 0.15) is 0 Å². The molecule has 4 heteroatoms. The van der Waals surface area contributed by atoms with E-state index in [9.17, 15) is 0 Å². The van der Waals surface area contributed by atoms with E-state index in [0.717, 1.165) is 0 Å². The Morgan fingerprint density at radius 1 is 1.83 bits per heavy atom. The molecule has 0 aromatic carbocycles. The Morgan fingerprint density at radius 2 is 2.67 bits per heavy atom. The third-order valence-corrected chi connectivity index (χ3v) is 0.697. The van der Waals surface area contributed by atoms with E-state index in [4.69, 9.17) is 0 Å².